The molecule has 1 aromatic rings. The molecule has 0 saturated heterocycles. The van der Waals surface area contributed by atoms with Crippen molar-refractivity contribution in [1.82, 2.24) is 10.6 Å². The van der Waals surface area contributed by atoms with Crippen LogP contribution in [0.15, 0.2) is 16.6 Å². The van der Waals surface area contributed by atoms with Crippen molar-refractivity contribution in [1.29, 1.82) is 0 Å². The van der Waals surface area contributed by atoms with Crippen molar-refractivity contribution in [3.63, 3.8) is 0 Å². The van der Waals surface area contributed by atoms with E-state index in [1.807, 2.05) is 6.07 Å². The van der Waals surface area contributed by atoms with Crippen molar-refractivity contribution in [2.45, 2.75) is 64.0 Å². The molecule has 140 valence electrons. The number of halogens is 2. The van der Waals surface area contributed by atoms with Gasteiger partial charge in [0.15, 0.2) is 0 Å². The fourth-order valence-corrected chi connectivity index (χ4v) is 4.12. The van der Waals surface area contributed by atoms with Gasteiger partial charge in [0.1, 0.15) is 0 Å². The number of nitrogens with two attached hydrogens (primary N) is 1. The molecule has 1 amide bonds. The van der Waals surface area contributed by atoms with Gasteiger partial charge in [0, 0.05) is 34.5 Å². The minimum absolute atomic E-state index is 0.0880. The Balaban J connectivity index is 2.10. The maximum atomic E-state index is 12.3. The van der Waals surface area contributed by atoms with E-state index in [-0.39, 0.29) is 11.4 Å². The van der Waals surface area contributed by atoms with Crippen LogP contribution in [0.25, 0.3) is 0 Å². The van der Waals surface area contributed by atoms with E-state index in [1.54, 1.807) is 6.07 Å². The Morgan fingerprint density at radius 3 is 2.68 bits per heavy atom. The molecule has 4 N–H and O–H groups in total. The Bertz CT molecular complexity index is 588. The lowest BCUT2D eigenvalue weighted by Crippen LogP contribution is -2.45. The summed E-state index contributed by atoms with van der Waals surface area (Å²) in [7, 11) is 0. The Morgan fingerprint density at radius 1 is 1.32 bits per heavy atom. The molecule has 0 unspecified atom stereocenters. The van der Waals surface area contributed by atoms with Crippen LogP contribution in [0.3, 0.4) is 0 Å². The van der Waals surface area contributed by atoms with Crippen molar-refractivity contribution in [3.8, 4) is 0 Å². The molecule has 0 atom stereocenters. The van der Waals surface area contributed by atoms with Crippen LogP contribution in [-0.4, -0.2) is 23.9 Å². The molecule has 25 heavy (non-hydrogen) atoms. The number of benzene rings is 1. The molecule has 2 rings (SSSR count). The van der Waals surface area contributed by atoms with Gasteiger partial charge in [-0.15, -0.1) is 11.6 Å². The number of rotatable bonds is 8. The third-order valence-corrected chi connectivity index (χ3v) is 6.14. The van der Waals surface area contributed by atoms with Gasteiger partial charge in [-0.3, -0.25) is 4.79 Å². The number of alkyl halides is 1. The largest absolute Gasteiger partial charge is 0.398 e. The summed E-state index contributed by atoms with van der Waals surface area (Å²) in [6, 6.07) is 3.68. The van der Waals surface area contributed by atoms with Gasteiger partial charge in [-0.05, 0) is 59.3 Å². The summed E-state index contributed by atoms with van der Waals surface area (Å²) in [5.41, 5.74) is 8.74. The van der Waals surface area contributed by atoms with Crippen molar-refractivity contribution < 1.29 is 4.79 Å². The average Bonchev–Trinajstić information content (AvgIpc) is 2.63. The Hall–Kier alpha value is -0.780. The van der Waals surface area contributed by atoms with Crippen LogP contribution >= 0.6 is 27.5 Å². The molecule has 1 fully saturated rings. The third-order valence-electron chi connectivity index (χ3n) is 5.21. The van der Waals surface area contributed by atoms with Crippen molar-refractivity contribution in [2.24, 2.45) is 0 Å². The van der Waals surface area contributed by atoms with Crippen LogP contribution in [0, 0.1) is 0 Å². The second kappa shape index (κ2) is 9.79. The molecular weight excluding hydrogens is 402 g/mol. The number of hydrogen-bond donors (Lipinski definition) is 3. The first-order valence-electron chi connectivity index (χ1n) is 9.18. The van der Waals surface area contributed by atoms with Gasteiger partial charge in [0.25, 0.3) is 5.91 Å². The molecule has 0 bridgehead atoms. The smallest absolute Gasteiger partial charge is 0.251 e. The predicted octanol–water partition coefficient (Wildman–Crippen LogP) is 4.59. The quantitative estimate of drug-likeness (QED) is 0.321. The second-order valence-electron chi connectivity index (χ2n) is 6.88. The minimum atomic E-state index is -0.0880. The molecule has 1 aromatic carbocycles. The number of nitrogen functional groups attached to an aromatic ring is 1. The highest BCUT2D eigenvalue weighted by molar-refractivity contribution is 9.10. The normalized spacial score (nSPS) is 16.6. The molecule has 0 radical (unpaired) electrons. The fourth-order valence-electron chi connectivity index (χ4n) is 3.49. The van der Waals surface area contributed by atoms with Crippen LogP contribution in [0.5, 0.6) is 0 Å². The zero-order valence-corrected chi connectivity index (χ0v) is 17.3. The second-order valence-corrected chi connectivity index (χ2v) is 8.11. The van der Waals surface area contributed by atoms with E-state index in [4.69, 9.17) is 17.3 Å². The highest BCUT2D eigenvalue weighted by Gasteiger charge is 2.29. The van der Waals surface area contributed by atoms with E-state index in [9.17, 15) is 4.79 Å². The van der Waals surface area contributed by atoms with Crippen LogP contribution in [0.2, 0.25) is 0 Å². The topological polar surface area (TPSA) is 67.2 Å². The lowest BCUT2D eigenvalue weighted by Gasteiger charge is -2.38. The summed E-state index contributed by atoms with van der Waals surface area (Å²) in [5.74, 6) is 0.454. The highest BCUT2D eigenvalue weighted by Crippen LogP contribution is 2.32. The molecule has 6 heteroatoms. The molecule has 1 aliphatic carbocycles. The fraction of sp³-hybridized carbons (Fsp3) is 0.632. The number of nitrogens with one attached hydrogen (secondary N) is 2. The lowest BCUT2D eigenvalue weighted by atomic mass is 9.79. The van der Waals surface area contributed by atoms with E-state index in [0.29, 0.717) is 30.2 Å². The standard InChI is InChI=1S/C19H29BrClN3O/c1-2-19(7-4-3-5-8-19)24-13-15-11-14(12-16(20)17(15)22)18(25)23-10-6-9-21/h11-12,24H,2-10,13,22H2,1H3,(H,23,25). The minimum Gasteiger partial charge on any atom is -0.398 e. The molecule has 0 aliphatic heterocycles. The molecule has 0 spiro atoms. The molecule has 4 nitrogen and oxygen atoms in total. The van der Waals surface area contributed by atoms with E-state index in [2.05, 4.69) is 33.5 Å². The Kier molecular flexibility index (Phi) is 8.04. The maximum absolute atomic E-state index is 12.3. The third kappa shape index (κ3) is 5.60. The highest BCUT2D eigenvalue weighted by atomic mass is 79.9. The molecule has 0 heterocycles. The monoisotopic (exact) mass is 429 g/mol. The van der Waals surface area contributed by atoms with Crippen LogP contribution < -0.4 is 16.4 Å². The van der Waals surface area contributed by atoms with Crippen molar-refractivity contribution in [2.75, 3.05) is 18.2 Å². The molecule has 0 aromatic heterocycles. The van der Waals surface area contributed by atoms with Crippen molar-refractivity contribution >= 4 is 39.1 Å². The average molecular weight is 431 g/mol. The molecule has 1 saturated carbocycles. The van der Waals surface area contributed by atoms with Crippen molar-refractivity contribution in [3.05, 3.63) is 27.7 Å². The van der Waals surface area contributed by atoms with Gasteiger partial charge in [-0.2, -0.15) is 0 Å². The van der Waals surface area contributed by atoms with E-state index in [0.717, 1.165) is 22.9 Å². The Labute approximate surface area is 164 Å². The molecule has 1 aliphatic rings. The first-order chi connectivity index (χ1) is 12.0. The van der Waals surface area contributed by atoms with E-state index < -0.39 is 0 Å². The predicted molar refractivity (Wildman–Crippen MR) is 109 cm³/mol. The number of amides is 1. The maximum Gasteiger partial charge on any atom is 0.251 e. The SMILES string of the molecule is CCC1(NCc2cc(C(=O)NCCCCl)cc(Br)c2N)CCCCC1. The summed E-state index contributed by atoms with van der Waals surface area (Å²) in [4.78, 5) is 12.3. The number of anilines is 1. The summed E-state index contributed by atoms with van der Waals surface area (Å²) in [6.45, 7) is 3.51. The first kappa shape index (κ1) is 20.5. The zero-order chi connectivity index (χ0) is 18.3. The van der Waals surface area contributed by atoms with Gasteiger partial charge >= 0.3 is 0 Å². The number of carbonyl (C=O) groups excluding carboxylic acids is 1. The summed E-state index contributed by atoms with van der Waals surface area (Å²) in [5, 5.41) is 6.63. The van der Waals surface area contributed by atoms with Gasteiger partial charge in [0.05, 0.1) is 5.69 Å². The summed E-state index contributed by atoms with van der Waals surface area (Å²) < 4.78 is 0.767. The van der Waals surface area contributed by atoms with Crippen LogP contribution in [0.4, 0.5) is 5.69 Å². The van der Waals surface area contributed by atoms with E-state index >= 15 is 0 Å². The van der Waals surface area contributed by atoms with Crippen LogP contribution in [-0.2, 0) is 6.54 Å². The van der Waals surface area contributed by atoms with Gasteiger partial charge in [-0.25, -0.2) is 0 Å². The van der Waals surface area contributed by atoms with E-state index in [1.165, 1.54) is 32.1 Å². The van der Waals surface area contributed by atoms with Gasteiger partial charge < -0.3 is 16.4 Å². The zero-order valence-electron chi connectivity index (χ0n) is 15.0. The first-order valence-corrected chi connectivity index (χ1v) is 10.5. The van der Waals surface area contributed by atoms with Crippen LogP contribution in [0.1, 0.15) is 67.8 Å². The van der Waals surface area contributed by atoms with Gasteiger partial charge in [0.2, 0.25) is 0 Å². The number of carbonyl (C=O) groups is 1. The van der Waals surface area contributed by atoms with Gasteiger partial charge in [-0.1, -0.05) is 26.2 Å². The summed E-state index contributed by atoms with van der Waals surface area (Å²) >= 11 is 9.15. The lowest BCUT2D eigenvalue weighted by molar-refractivity contribution is 0.0953. The molecular formula is C19H29BrClN3O. The summed E-state index contributed by atoms with van der Waals surface area (Å²) in [6.07, 6.45) is 8.19. The Morgan fingerprint density at radius 2 is 2.04 bits per heavy atom. The number of hydrogen-bond acceptors (Lipinski definition) is 3.